The standard InChI is InChI=1S/C33H56O8.C2H6/c1-17(2)7-6-8-22(35)19-9-10-21-27(19)23(36)15-26-32(4)14-12-24(18(3)20(32)11-13-33(21,26)5)40-31-30(39)29(38)28(37)25(16-34)41-31;1-2/h7,18-31,34-39H,6,8-16H2,1-5H3;1-2H3. The summed E-state index contributed by atoms with van der Waals surface area (Å²) in [4.78, 5) is 0. The molecule has 4 saturated carbocycles. The smallest absolute Gasteiger partial charge is 0.186 e. The second kappa shape index (κ2) is 14.0. The minimum Gasteiger partial charge on any atom is -0.394 e. The predicted molar refractivity (Wildman–Crippen MR) is 166 cm³/mol. The predicted octanol–water partition coefficient (Wildman–Crippen LogP) is 4.18. The van der Waals surface area contributed by atoms with E-state index in [2.05, 4.69) is 40.7 Å². The van der Waals surface area contributed by atoms with Crippen molar-refractivity contribution in [2.75, 3.05) is 6.61 Å². The number of fused-ring (bicyclic) bond motifs is 5. The van der Waals surface area contributed by atoms with Gasteiger partial charge in [-0.25, -0.2) is 0 Å². The van der Waals surface area contributed by atoms with E-state index in [1.807, 2.05) is 13.8 Å². The zero-order chi connectivity index (χ0) is 31.9. The second-order valence-electron chi connectivity index (χ2n) is 15.1. The van der Waals surface area contributed by atoms with Crippen molar-refractivity contribution in [1.29, 1.82) is 0 Å². The molecule has 8 nitrogen and oxygen atoms in total. The molecule has 0 aromatic carbocycles. The molecule has 43 heavy (non-hydrogen) atoms. The van der Waals surface area contributed by atoms with E-state index in [-0.39, 0.29) is 40.8 Å². The summed E-state index contributed by atoms with van der Waals surface area (Å²) in [6.07, 6.45) is 3.38. The van der Waals surface area contributed by atoms with Crippen LogP contribution in [0.5, 0.6) is 0 Å². The molecule has 5 aliphatic rings. The highest BCUT2D eigenvalue weighted by Crippen LogP contribution is 2.70. The van der Waals surface area contributed by atoms with Crippen LogP contribution in [-0.4, -0.2) is 86.3 Å². The monoisotopic (exact) mass is 610 g/mol. The largest absolute Gasteiger partial charge is 0.394 e. The van der Waals surface area contributed by atoms with Gasteiger partial charge >= 0.3 is 0 Å². The van der Waals surface area contributed by atoms with Crippen molar-refractivity contribution in [3.8, 4) is 0 Å². The van der Waals surface area contributed by atoms with Crippen molar-refractivity contribution in [2.45, 2.75) is 155 Å². The van der Waals surface area contributed by atoms with Crippen LogP contribution in [0.4, 0.5) is 0 Å². The lowest BCUT2D eigenvalue weighted by Crippen LogP contribution is -2.63. The van der Waals surface area contributed by atoms with Gasteiger partial charge in [-0.15, -0.1) is 0 Å². The van der Waals surface area contributed by atoms with Crippen molar-refractivity contribution >= 4 is 0 Å². The molecule has 16 atom stereocenters. The first-order chi connectivity index (χ1) is 20.3. The van der Waals surface area contributed by atoms with Crippen LogP contribution in [0.25, 0.3) is 0 Å². The van der Waals surface area contributed by atoms with Crippen molar-refractivity contribution in [3.63, 3.8) is 0 Å². The number of hydrogen-bond donors (Lipinski definition) is 6. The lowest BCUT2D eigenvalue weighted by atomic mass is 9.40. The number of aliphatic hydroxyl groups is 6. The van der Waals surface area contributed by atoms with Crippen LogP contribution >= 0.6 is 0 Å². The van der Waals surface area contributed by atoms with E-state index in [0.717, 1.165) is 57.8 Å². The average Bonchev–Trinajstić information content (AvgIpc) is 3.44. The molecule has 1 heterocycles. The molecule has 0 spiro atoms. The van der Waals surface area contributed by atoms with Gasteiger partial charge in [0, 0.05) is 0 Å². The van der Waals surface area contributed by atoms with Crippen molar-refractivity contribution in [1.82, 2.24) is 0 Å². The Kier molecular flexibility index (Phi) is 11.5. The number of allylic oxidation sites excluding steroid dienone is 2. The molecule has 250 valence electrons. The van der Waals surface area contributed by atoms with Gasteiger partial charge in [-0.05, 0) is 118 Å². The Morgan fingerprint density at radius 2 is 1.58 bits per heavy atom. The van der Waals surface area contributed by atoms with Crippen molar-refractivity contribution < 1.29 is 40.1 Å². The van der Waals surface area contributed by atoms with Gasteiger partial charge in [0.2, 0.25) is 0 Å². The maximum atomic E-state index is 11.7. The van der Waals surface area contributed by atoms with Gasteiger partial charge < -0.3 is 40.1 Å². The summed E-state index contributed by atoms with van der Waals surface area (Å²) in [5.74, 6) is 1.73. The molecule has 0 aromatic heterocycles. The van der Waals surface area contributed by atoms with Crippen LogP contribution in [0, 0.1) is 46.3 Å². The minimum atomic E-state index is -1.44. The number of hydrogen-bond acceptors (Lipinski definition) is 8. The molecule has 5 fully saturated rings. The number of aliphatic hydroxyl groups excluding tert-OH is 6. The Morgan fingerprint density at radius 1 is 0.930 bits per heavy atom. The number of rotatable bonds is 7. The Labute approximate surface area is 259 Å². The van der Waals surface area contributed by atoms with Crippen molar-refractivity contribution in [3.05, 3.63) is 11.6 Å². The fourth-order valence-electron chi connectivity index (χ4n) is 10.7. The van der Waals surface area contributed by atoms with Gasteiger partial charge in [-0.1, -0.05) is 46.3 Å². The van der Waals surface area contributed by atoms with Crippen molar-refractivity contribution in [2.24, 2.45) is 46.3 Å². The molecule has 0 bridgehead atoms. The highest BCUT2D eigenvalue weighted by molar-refractivity contribution is 5.14. The third-order valence-electron chi connectivity index (χ3n) is 12.8. The molecular formula is C35H62O8. The Balaban J connectivity index is 0.00000207. The first kappa shape index (κ1) is 35.3. The molecule has 1 aliphatic heterocycles. The van der Waals surface area contributed by atoms with E-state index < -0.39 is 43.4 Å². The Morgan fingerprint density at radius 3 is 2.23 bits per heavy atom. The quantitative estimate of drug-likeness (QED) is 0.186. The maximum Gasteiger partial charge on any atom is 0.186 e. The van der Waals surface area contributed by atoms with Gasteiger partial charge in [-0.2, -0.15) is 0 Å². The summed E-state index contributed by atoms with van der Waals surface area (Å²) in [6, 6.07) is 0. The van der Waals surface area contributed by atoms with Crippen LogP contribution in [0.2, 0.25) is 0 Å². The second-order valence-corrected chi connectivity index (χ2v) is 15.1. The molecule has 6 N–H and O–H groups in total. The lowest BCUT2D eigenvalue weighted by Gasteiger charge is -2.66. The molecule has 16 unspecified atom stereocenters. The molecule has 0 radical (unpaired) electrons. The molecule has 0 amide bonds. The van der Waals surface area contributed by atoms with Gasteiger partial charge in [0.15, 0.2) is 6.29 Å². The summed E-state index contributed by atoms with van der Waals surface area (Å²) in [5, 5.41) is 63.4. The van der Waals surface area contributed by atoms with Gasteiger partial charge in [0.25, 0.3) is 0 Å². The molecule has 1 saturated heterocycles. The first-order valence-corrected chi connectivity index (χ1v) is 17.3. The average molecular weight is 611 g/mol. The van der Waals surface area contributed by atoms with Gasteiger partial charge in [0.1, 0.15) is 24.4 Å². The molecular weight excluding hydrogens is 548 g/mol. The molecule has 8 heteroatoms. The van der Waals surface area contributed by atoms with E-state index in [9.17, 15) is 30.6 Å². The molecule has 0 aromatic rings. The molecule has 4 aliphatic carbocycles. The van der Waals surface area contributed by atoms with E-state index in [4.69, 9.17) is 9.47 Å². The zero-order valence-electron chi connectivity index (χ0n) is 27.7. The first-order valence-electron chi connectivity index (χ1n) is 17.3. The highest BCUT2D eigenvalue weighted by atomic mass is 16.7. The highest BCUT2D eigenvalue weighted by Gasteiger charge is 2.65. The van der Waals surface area contributed by atoms with E-state index in [0.29, 0.717) is 17.8 Å². The van der Waals surface area contributed by atoms with Crippen LogP contribution in [0.15, 0.2) is 11.6 Å². The van der Waals surface area contributed by atoms with Crippen LogP contribution in [0.1, 0.15) is 106 Å². The Hall–Kier alpha value is -0.580. The zero-order valence-corrected chi connectivity index (χ0v) is 27.7. The normalized spacial score (nSPS) is 49.9. The van der Waals surface area contributed by atoms with Crippen LogP contribution < -0.4 is 0 Å². The van der Waals surface area contributed by atoms with Crippen LogP contribution in [0.3, 0.4) is 0 Å². The van der Waals surface area contributed by atoms with E-state index in [1.54, 1.807) is 0 Å². The third kappa shape index (κ3) is 6.38. The van der Waals surface area contributed by atoms with E-state index >= 15 is 0 Å². The molecule has 5 rings (SSSR count). The fourth-order valence-corrected chi connectivity index (χ4v) is 10.7. The fraction of sp³-hybridized carbons (Fsp3) is 0.943. The van der Waals surface area contributed by atoms with Gasteiger partial charge in [-0.3, -0.25) is 0 Å². The SMILES string of the molecule is CC.CC(C)=CCCC(O)C1CCC2C1C(O)CC1C3(C)CCC(OC4OC(CO)C(O)C(O)C4O)C(C)C3CCC21C. The maximum absolute atomic E-state index is 11.7. The summed E-state index contributed by atoms with van der Waals surface area (Å²) in [7, 11) is 0. The summed E-state index contributed by atoms with van der Waals surface area (Å²) in [6.45, 7) is 14.8. The lowest BCUT2D eigenvalue weighted by molar-refractivity contribution is -0.322. The summed E-state index contributed by atoms with van der Waals surface area (Å²) < 4.78 is 12.0. The number of ether oxygens (including phenoxy) is 2. The Bertz CT molecular complexity index is 937. The van der Waals surface area contributed by atoms with E-state index in [1.165, 1.54) is 5.57 Å². The summed E-state index contributed by atoms with van der Waals surface area (Å²) in [5.41, 5.74) is 1.46. The third-order valence-corrected chi connectivity index (χ3v) is 12.8. The van der Waals surface area contributed by atoms with Gasteiger partial charge in [0.05, 0.1) is 24.9 Å². The minimum absolute atomic E-state index is 0.0494. The topological polar surface area (TPSA) is 140 Å². The summed E-state index contributed by atoms with van der Waals surface area (Å²) >= 11 is 0. The van der Waals surface area contributed by atoms with Crippen LogP contribution in [-0.2, 0) is 9.47 Å².